The van der Waals surface area contributed by atoms with Crippen molar-refractivity contribution in [1.82, 2.24) is 0 Å². The Morgan fingerprint density at radius 1 is 1.12 bits per heavy atom. The molecule has 132 valence electrons. The van der Waals surface area contributed by atoms with Crippen LogP contribution in [0.25, 0.3) is 6.08 Å². The van der Waals surface area contributed by atoms with Gasteiger partial charge in [-0.1, -0.05) is 23.7 Å². The first-order valence-corrected chi connectivity index (χ1v) is 8.37. The van der Waals surface area contributed by atoms with Gasteiger partial charge in [0, 0.05) is 35.0 Å². The van der Waals surface area contributed by atoms with E-state index >= 15 is 0 Å². The Hall–Kier alpha value is -3.05. The van der Waals surface area contributed by atoms with Crippen LogP contribution in [-0.4, -0.2) is 18.4 Å². The van der Waals surface area contributed by atoms with Crippen molar-refractivity contribution in [3.05, 3.63) is 70.8 Å². The van der Waals surface area contributed by atoms with E-state index in [4.69, 9.17) is 16.3 Å². The van der Waals surface area contributed by atoms with Crippen LogP contribution < -0.4 is 15.4 Å². The monoisotopic (exact) mass is 368 g/mol. The van der Waals surface area contributed by atoms with Gasteiger partial charge in [-0.05, 0) is 48.0 Å². The Morgan fingerprint density at radius 2 is 1.88 bits per heavy atom. The topological polar surface area (TPSA) is 67.4 Å². The molecule has 5 nitrogen and oxygen atoms in total. The molecule has 2 aromatic carbocycles. The van der Waals surface area contributed by atoms with Gasteiger partial charge in [-0.2, -0.15) is 0 Å². The summed E-state index contributed by atoms with van der Waals surface area (Å²) in [5.41, 5.74) is 2.96. The number of anilines is 2. The van der Waals surface area contributed by atoms with Gasteiger partial charge in [0.2, 0.25) is 11.8 Å². The van der Waals surface area contributed by atoms with E-state index in [9.17, 15) is 9.59 Å². The fraction of sp³-hybridized carbons (Fsp3) is 0.100. The minimum Gasteiger partial charge on any atom is -0.488 e. The van der Waals surface area contributed by atoms with Crippen molar-refractivity contribution in [3.8, 4) is 5.75 Å². The number of carbonyl (C=O) groups is 2. The fourth-order valence-corrected chi connectivity index (χ4v) is 2.69. The summed E-state index contributed by atoms with van der Waals surface area (Å²) in [6.45, 7) is 1.82. The highest BCUT2D eigenvalue weighted by Crippen LogP contribution is 2.29. The van der Waals surface area contributed by atoms with Gasteiger partial charge >= 0.3 is 0 Å². The second-order valence-electron chi connectivity index (χ2n) is 5.77. The van der Waals surface area contributed by atoms with E-state index < -0.39 is 0 Å². The molecule has 0 atom stereocenters. The smallest absolute Gasteiger partial charge is 0.248 e. The molecule has 26 heavy (non-hydrogen) atoms. The first-order valence-electron chi connectivity index (χ1n) is 7.99. The number of fused-ring (bicyclic) bond motifs is 1. The molecule has 1 aliphatic heterocycles. The molecule has 0 radical (unpaired) electrons. The molecule has 3 rings (SSSR count). The number of ether oxygens (including phenoxy) is 1. The van der Waals surface area contributed by atoms with E-state index in [1.165, 1.54) is 13.0 Å². The molecule has 2 aromatic rings. The molecule has 0 bridgehead atoms. The van der Waals surface area contributed by atoms with Crippen LogP contribution >= 0.6 is 11.6 Å². The molecule has 2 amide bonds. The normalized spacial score (nSPS) is 12.8. The van der Waals surface area contributed by atoms with Crippen LogP contribution in [0.2, 0.25) is 5.02 Å². The van der Waals surface area contributed by atoms with E-state index in [2.05, 4.69) is 10.6 Å². The van der Waals surface area contributed by atoms with E-state index in [1.807, 2.05) is 18.2 Å². The van der Waals surface area contributed by atoms with Crippen molar-refractivity contribution >= 4 is 40.9 Å². The highest BCUT2D eigenvalue weighted by Gasteiger charge is 2.10. The molecule has 1 aliphatic rings. The largest absolute Gasteiger partial charge is 0.488 e. The summed E-state index contributed by atoms with van der Waals surface area (Å²) in [6, 6.07) is 12.4. The van der Waals surface area contributed by atoms with Gasteiger partial charge in [-0.3, -0.25) is 9.59 Å². The number of benzene rings is 2. The van der Waals surface area contributed by atoms with Gasteiger partial charge in [0.25, 0.3) is 0 Å². The lowest BCUT2D eigenvalue weighted by Crippen LogP contribution is -2.10. The quantitative estimate of drug-likeness (QED) is 0.792. The number of halogens is 1. The number of hydrogen-bond acceptors (Lipinski definition) is 3. The highest BCUT2D eigenvalue weighted by atomic mass is 35.5. The molecule has 0 aromatic heterocycles. The maximum atomic E-state index is 12.1. The minimum atomic E-state index is -0.275. The van der Waals surface area contributed by atoms with E-state index in [0.717, 1.165) is 16.9 Å². The first-order chi connectivity index (χ1) is 12.5. The zero-order valence-corrected chi connectivity index (χ0v) is 14.8. The van der Waals surface area contributed by atoms with Crippen molar-refractivity contribution < 1.29 is 14.3 Å². The summed E-state index contributed by atoms with van der Waals surface area (Å²) < 4.78 is 5.64. The average Bonchev–Trinajstić information content (AvgIpc) is 2.59. The van der Waals surface area contributed by atoms with Crippen molar-refractivity contribution in [2.45, 2.75) is 6.92 Å². The molecule has 0 saturated heterocycles. The summed E-state index contributed by atoms with van der Waals surface area (Å²) >= 11 is 5.99. The molecule has 0 fully saturated rings. The third kappa shape index (κ3) is 4.74. The number of carbonyl (C=O) groups excluding carboxylic acids is 2. The van der Waals surface area contributed by atoms with Gasteiger partial charge in [0.15, 0.2) is 0 Å². The van der Waals surface area contributed by atoms with Gasteiger partial charge in [-0.15, -0.1) is 0 Å². The molecular weight excluding hydrogens is 352 g/mol. The molecule has 0 saturated carbocycles. The van der Waals surface area contributed by atoms with E-state index in [-0.39, 0.29) is 11.8 Å². The van der Waals surface area contributed by atoms with Gasteiger partial charge in [0.05, 0.1) is 0 Å². The Morgan fingerprint density at radius 3 is 2.65 bits per heavy atom. The number of nitrogens with one attached hydrogen (secondary N) is 2. The Labute approximate surface area is 156 Å². The second kappa shape index (κ2) is 7.89. The average molecular weight is 369 g/mol. The van der Waals surface area contributed by atoms with Crippen LogP contribution in [-0.2, 0) is 9.59 Å². The van der Waals surface area contributed by atoms with E-state index in [1.54, 1.807) is 36.4 Å². The molecule has 1 heterocycles. The molecule has 0 aliphatic carbocycles. The predicted octanol–water partition coefficient (Wildman–Crippen LogP) is 4.27. The summed E-state index contributed by atoms with van der Waals surface area (Å²) in [7, 11) is 0. The highest BCUT2D eigenvalue weighted by molar-refractivity contribution is 6.30. The summed E-state index contributed by atoms with van der Waals surface area (Å²) in [6.07, 6.45) is 5.08. The zero-order valence-electron chi connectivity index (χ0n) is 14.1. The summed E-state index contributed by atoms with van der Waals surface area (Å²) in [5.74, 6) is 0.326. The van der Waals surface area contributed by atoms with Crippen LogP contribution in [0.15, 0.2) is 60.2 Å². The lowest BCUT2D eigenvalue weighted by molar-refractivity contribution is -0.114. The lowest BCUT2D eigenvalue weighted by atomic mass is 10.1. The maximum Gasteiger partial charge on any atom is 0.248 e. The van der Waals surface area contributed by atoms with Crippen LogP contribution in [0, 0.1) is 0 Å². The van der Waals surface area contributed by atoms with Crippen LogP contribution in [0.3, 0.4) is 0 Å². The lowest BCUT2D eigenvalue weighted by Gasteiger charge is -2.16. The number of amides is 2. The standard InChI is InChI=1S/C20H17ClN2O3/c1-13(24)22-17-3-2-4-18(11-17)23-20(25)8-5-14-9-15-10-16(21)6-7-19(15)26-12-14/h2-11H,12H2,1H3,(H,22,24)(H,23,25)/b8-5+. The first kappa shape index (κ1) is 17.8. The third-order valence-corrected chi connectivity index (χ3v) is 3.84. The SMILES string of the molecule is CC(=O)Nc1cccc(NC(=O)/C=C/C2=Cc3cc(Cl)ccc3OC2)c1. The number of rotatable bonds is 4. The Bertz CT molecular complexity index is 919. The maximum absolute atomic E-state index is 12.1. The molecule has 0 spiro atoms. The fourth-order valence-electron chi connectivity index (χ4n) is 2.51. The predicted molar refractivity (Wildman–Crippen MR) is 103 cm³/mol. The van der Waals surface area contributed by atoms with Gasteiger partial charge in [0.1, 0.15) is 12.4 Å². The van der Waals surface area contributed by atoms with E-state index in [0.29, 0.717) is 23.0 Å². The zero-order chi connectivity index (χ0) is 18.5. The van der Waals surface area contributed by atoms with Crippen LogP contribution in [0.4, 0.5) is 11.4 Å². The molecule has 2 N–H and O–H groups in total. The van der Waals surface area contributed by atoms with Crippen molar-refractivity contribution in [2.24, 2.45) is 0 Å². The van der Waals surface area contributed by atoms with Gasteiger partial charge < -0.3 is 15.4 Å². The Balaban J connectivity index is 1.66. The molecule has 0 unspecified atom stereocenters. The molecular formula is C20H17ClN2O3. The van der Waals surface area contributed by atoms with Gasteiger partial charge in [-0.25, -0.2) is 0 Å². The number of hydrogen-bond donors (Lipinski definition) is 2. The van der Waals surface area contributed by atoms with Crippen molar-refractivity contribution in [1.29, 1.82) is 0 Å². The second-order valence-corrected chi connectivity index (χ2v) is 6.21. The summed E-state index contributed by atoms with van der Waals surface area (Å²) in [5, 5.41) is 6.06. The van der Waals surface area contributed by atoms with Crippen molar-refractivity contribution in [3.63, 3.8) is 0 Å². The summed E-state index contributed by atoms with van der Waals surface area (Å²) in [4.78, 5) is 23.2. The third-order valence-electron chi connectivity index (χ3n) is 3.61. The molecule has 6 heteroatoms. The van der Waals surface area contributed by atoms with Crippen molar-refractivity contribution in [2.75, 3.05) is 17.2 Å². The minimum absolute atomic E-state index is 0.169. The van der Waals surface area contributed by atoms with Crippen LogP contribution in [0.5, 0.6) is 5.75 Å². The van der Waals surface area contributed by atoms with Crippen LogP contribution in [0.1, 0.15) is 12.5 Å². The Kier molecular flexibility index (Phi) is 5.39.